The Morgan fingerprint density at radius 2 is 0.667 bits per heavy atom. The van der Waals surface area contributed by atoms with Gasteiger partial charge in [0.15, 0.2) is 16.9 Å². The fourth-order valence-corrected chi connectivity index (χ4v) is 11.9. The molecule has 108 heavy (non-hydrogen) atoms. The maximum absolute atomic E-state index is 13.4. The van der Waals surface area contributed by atoms with Gasteiger partial charge in [-0.05, 0) is 137 Å². The number of nitrogens with zero attached hydrogens (tertiary/aromatic N) is 15. The van der Waals surface area contributed by atoms with Crippen LogP contribution in [0.2, 0.25) is 0 Å². The molecule has 15 aromatic rings. The molecule has 0 fully saturated rings. The molecular formula is C78H69F9N18O3. The monoisotopic (exact) mass is 1480 g/mol. The summed E-state index contributed by atoms with van der Waals surface area (Å²) < 4.78 is 140. The molecule has 0 bridgehead atoms. The molecule has 15 rings (SSSR count). The van der Waals surface area contributed by atoms with E-state index >= 15 is 0 Å². The predicted octanol–water partition coefficient (Wildman–Crippen LogP) is 14.7. The Morgan fingerprint density at radius 3 is 1.05 bits per heavy atom. The smallest absolute Gasteiger partial charge is 0.453 e. The van der Waals surface area contributed by atoms with Gasteiger partial charge in [-0.25, -0.2) is 0 Å². The zero-order valence-electron chi connectivity index (χ0n) is 58.4. The van der Waals surface area contributed by atoms with Crippen molar-refractivity contribution in [1.82, 2.24) is 90.3 Å². The summed E-state index contributed by atoms with van der Waals surface area (Å²) in [4.78, 5) is 13.8. The second-order valence-corrected chi connectivity index (χ2v) is 25.2. The average molecular weight is 1480 g/mol. The zero-order valence-corrected chi connectivity index (χ0v) is 58.4. The number of rotatable bonds is 24. The normalized spacial score (nSPS) is 11.9. The first-order valence-electron chi connectivity index (χ1n) is 34.3. The van der Waals surface area contributed by atoms with E-state index in [9.17, 15) is 39.5 Å². The number of hydrogen-bond acceptors (Lipinski definition) is 18. The second kappa shape index (κ2) is 33.1. The molecule has 0 spiro atoms. The summed E-state index contributed by atoms with van der Waals surface area (Å²) in [7, 11) is 0. The fraction of sp³-hybridized carbons (Fsp3) is 0.231. The number of halogens is 9. The van der Waals surface area contributed by atoms with Gasteiger partial charge in [0.05, 0.1) is 34.2 Å². The van der Waals surface area contributed by atoms with Gasteiger partial charge >= 0.3 is 18.5 Å². The lowest BCUT2D eigenvalue weighted by molar-refractivity contribution is -0.147. The number of benzene rings is 6. The van der Waals surface area contributed by atoms with Gasteiger partial charge in [0.2, 0.25) is 17.6 Å². The first-order chi connectivity index (χ1) is 52.2. The van der Waals surface area contributed by atoms with Crippen LogP contribution in [0.4, 0.5) is 39.5 Å². The summed E-state index contributed by atoms with van der Waals surface area (Å²) in [5, 5.41) is 46.4. The molecule has 3 N–H and O–H groups in total. The van der Waals surface area contributed by atoms with Crippen LogP contribution in [0, 0.1) is 20.8 Å². The minimum atomic E-state index is -4.70. The standard InChI is InChI=1S/3C26H23F3N6O/c1-17-6-4-7-18(14-17)12-13-30-15-19-8-5-9-20(31-19)16-36-24-22-11-3-2-10-21(22)23-32-33-25(26(27,28)29)35(23)34-24;1-17-7-2-3-8-18(17)13-14-30-15-19-9-6-10-20(31-19)16-36-24-22-12-5-4-11-21(22)23-32-33-25(26(27,28)29)35(23)34-24;1-17-9-11-18(12-10-17)13-14-30-15-19-5-4-6-20(31-19)16-36-24-22-8-3-2-7-21(22)23-32-33-25(26(27,28)29)35(23)34-24/h2-11,14,30H,12-13,15-16H2,1H3;2*2-12,30H,13-16H2,1H3. The van der Waals surface area contributed by atoms with E-state index in [1.54, 1.807) is 91.0 Å². The summed E-state index contributed by atoms with van der Waals surface area (Å²) in [5.41, 5.74) is 12.1. The van der Waals surface area contributed by atoms with Crippen molar-refractivity contribution in [3.05, 3.63) is 285 Å². The summed E-state index contributed by atoms with van der Waals surface area (Å²) in [6.07, 6.45) is -11.4. The summed E-state index contributed by atoms with van der Waals surface area (Å²) in [6.45, 7) is 10.6. The van der Waals surface area contributed by atoms with Crippen LogP contribution in [0.25, 0.3) is 49.3 Å². The molecule has 30 heteroatoms. The largest absolute Gasteiger partial charge is 0.470 e. The lowest BCUT2D eigenvalue weighted by atomic mass is 10.1. The molecule has 0 saturated carbocycles. The lowest BCUT2D eigenvalue weighted by Crippen LogP contribution is -2.18. The molecule has 552 valence electrons. The quantitative estimate of drug-likeness (QED) is 0.0377. The van der Waals surface area contributed by atoms with Gasteiger partial charge in [-0.15, -0.1) is 45.9 Å². The SMILES string of the molecule is Cc1ccc(CCNCc2cccc(COc3nn4c(C(F)(F)F)nnc4c4ccccc34)n2)cc1.Cc1cccc(CCNCc2cccc(COc3nn4c(C(F)(F)F)nnc4c4ccccc34)n2)c1.Cc1ccccc1CCNCc1cccc(COc2nn3c(C(F)(F)F)nnc3c3ccccc23)n1. The van der Waals surface area contributed by atoms with Gasteiger partial charge in [-0.1, -0.05) is 157 Å². The van der Waals surface area contributed by atoms with Gasteiger partial charge in [0.25, 0.3) is 17.5 Å². The van der Waals surface area contributed by atoms with E-state index in [0.29, 0.717) is 82.6 Å². The molecular weight excluding hydrogens is 1410 g/mol. The van der Waals surface area contributed by atoms with Crippen LogP contribution in [0.1, 0.15) is 85.0 Å². The first kappa shape index (κ1) is 74.1. The van der Waals surface area contributed by atoms with Crippen LogP contribution >= 0.6 is 0 Å². The molecule has 0 amide bonds. The van der Waals surface area contributed by atoms with E-state index in [1.807, 2.05) is 48.5 Å². The van der Waals surface area contributed by atoms with E-state index in [4.69, 9.17) is 14.2 Å². The van der Waals surface area contributed by atoms with Crippen molar-refractivity contribution < 1.29 is 53.7 Å². The van der Waals surface area contributed by atoms with Crippen LogP contribution in [0.15, 0.2) is 200 Å². The maximum Gasteiger partial charge on any atom is 0.453 e. The number of fused-ring (bicyclic) bond motifs is 9. The van der Waals surface area contributed by atoms with Crippen LogP contribution in [-0.2, 0) is 77.2 Å². The van der Waals surface area contributed by atoms with Crippen molar-refractivity contribution >= 4 is 49.3 Å². The van der Waals surface area contributed by atoms with Crippen molar-refractivity contribution in [2.24, 2.45) is 0 Å². The van der Waals surface area contributed by atoms with Crippen LogP contribution in [-0.4, -0.2) is 94.0 Å². The second-order valence-electron chi connectivity index (χ2n) is 25.2. The van der Waals surface area contributed by atoms with Crippen LogP contribution in [0.3, 0.4) is 0 Å². The molecule has 0 aliphatic rings. The molecule has 21 nitrogen and oxygen atoms in total. The van der Waals surface area contributed by atoms with E-state index in [2.05, 4.69) is 158 Å². The van der Waals surface area contributed by atoms with E-state index in [-0.39, 0.29) is 54.4 Å². The Morgan fingerprint density at radius 1 is 0.324 bits per heavy atom. The third-order valence-corrected chi connectivity index (χ3v) is 17.2. The van der Waals surface area contributed by atoms with Crippen molar-refractivity contribution in [3.8, 4) is 17.6 Å². The number of ether oxygens (including phenoxy) is 3. The number of aryl methyl sites for hydroxylation is 3. The molecule has 6 aromatic carbocycles. The van der Waals surface area contributed by atoms with Crippen molar-refractivity contribution in [3.63, 3.8) is 0 Å². The Labute approximate surface area is 611 Å². The molecule has 0 saturated heterocycles. The molecule has 0 radical (unpaired) electrons. The minimum Gasteiger partial charge on any atom is -0.470 e. The van der Waals surface area contributed by atoms with Crippen molar-refractivity contribution in [2.75, 3.05) is 19.6 Å². The van der Waals surface area contributed by atoms with Crippen molar-refractivity contribution in [2.45, 2.75) is 98.0 Å². The Hall–Kier alpha value is -12.2. The molecule has 0 unspecified atom stereocenters. The predicted molar refractivity (Wildman–Crippen MR) is 385 cm³/mol. The molecule has 9 heterocycles. The van der Waals surface area contributed by atoms with Crippen LogP contribution in [0.5, 0.6) is 17.6 Å². The summed E-state index contributed by atoms with van der Waals surface area (Å²) in [5.74, 6) is -3.47. The van der Waals surface area contributed by atoms with Gasteiger partial charge in [-0.3, -0.25) is 15.0 Å². The average Bonchev–Trinajstić information content (AvgIpc) is 1.57. The summed E-state index contributed by atoms with van der Waals surface area (Å²) >= 11 is 0. The van der Waals surface area contributed by atoms with Gasteiger partial charge < -0.3 is 30.2 Å². The Balaban J connectivity index is 0.000000143. The Bertz CT molecular complexity index is 5620. The highest BCUT2D eigenvalue weighted by molar-refractivity contribution is 5.98. The number of alkyl halides is 9. The zero-order chi connectivity index (χ0) is 75.4. The van der Waals surface area contributed by atoms with E-state index in [0.717, 1.165) is 56.0 Å². The first-order valence-corrected chi connectivity index (χ1v) is 34.3. The van der Waals surface area contributed by atoms with E-state index in [1.165, 1.54) is 33.4 Å². The third-order valence-electron chi connectivity index (χ3n) is 17.2. The maximum atomic E-state index is 13.4. The number of nitrogens with one attached hydrogen (secondary N) is 3. The van der Waals surface area contributed by atoms with E-state index < -0.39 is 36.0 Å². The minimum absolute atomic E-state index is 0.0158. The van der Waals surface area contributed by atoms with Gasteiger partial charge in [0.1, 0.15) is 19.8 Å². The Kier molecular flexibility index (Phi) is 22.7. The molecule has 0 aliphatic heterocycles. The highest BCUT2D eigenvalue weighted by atomic mass is 19.4. The van der Waals surface area contributed by atoms with Gasteiger partial charge in [0, 0.05) is 52.0 Å². The summed E-state index contributed by atoms with van der Waals surface area (Å²) in [6, 6.07) is 62.5. The molecule has 0 aliphatic carbocycles. The number of aromatic nitrogens is 15. The lowest BCUT2D eigenvalue weighted by Gasteiger charge is -2.11. The van der Waals surface area contributed by atoms with Crippen LogP contribution < -0.4 is 30.2 Å². The topological polar surface area (TPSA) is 232 Å². The fourth-order valence-electron chi connectivity index (χ4n) is 11.9. The number of pyridine rings is 3. The highest BCUT2D eigenvalue weighted by Gasteiger charge is 2.40. The third kappa shape index (κ3) is 18.2. The highest BCUT2D eigenvalue weighted by Crippen LogP contribution is 2.36. The molecule has 9 aromatic heterocycles. The number of hydrogen-bond donors (Lipinski definition) is 3. The van der Waals surface area contributed by atoms with Gasteiger partial charge in [-0.2, -0.15) is 53.1 Å². The van der Waals surface area contributed by atoms with Crippen molar-refractivity contribution in [1.29, 1.82) is 0 Å². The molecule has 0 atom stereocenters.